The van der Waals surface area contributed by atoms with Crippen molar-refractivity contribution in [2.75, 3.05) is 13.7 Å². The van der Waals surface area contributed by atoms with Gasteiger partial charge in [-0.1, -0.05) is 61.1 Å². The molecule has 0 fully saturated rings. The number of ether oxygens (including phenoxy) is 2. The van der Waals surface area contributed by atoms with Crippen LogP contribution in [0.1, 0.15) is 60.0 Å². The topological polar surface area (TPSA) is 120 Å². The molecule has 1 N–H and O–H groups in total. The van der Waals surface area contributed by atoms with Gasteiger partial charge in [-0.25, -0.2) is 14.6 Å². The van der Waals surface area contributed by atoms with Crippen molar-refractivity contribution in [1.29, 1.82) is 0 Å². The van der Waals surface area contributed by atoms with E-state index in [9.17, 15) is 19.5 Å². The van der Waals surface area contributed by atoms with Crippen molar-refractivity contribution in [3.8, 4) is 17.1 Å². The van der Waals surface area contributed by atoms with Crippen molar-refractivity contribution in [3.05, 3.63) is 120 Å². The molecule has 1 atom stereocenters. The molecule has 2 aromatic heterocycles. The van der Waals surface area contributed by atoms with Gasteiger partial charge in [0.05, 0.1) is 35.1 Å². The number of rotatable bonds is 9. The second-order valence-corrected chi connectivity index (χ2v) is 11.9. The molecule has 3 heterocycles. The highest BCUT2D eigenvalue weighted by Crippen LogP contribution is 2.41. The fourth-order valence-corrected chi connectivity index (χ4v) is 6.85. The number of benzene rings is 3. The van der Waals surface area contributed by atoms with Crippen molar-refractivity contribution >= 4 is 40.1 Å². The molecule has 234 valence electrons. The van der Waals surface area contributed by atoms with E-state index in [1.807, 2.05) is 50.2 Å². The highest BCUT2D eigenvalue weighted by atomic mass is 32.1. The van der Waals surface area contributed by atoms with Gasteiger partial charge in [0.15, 0.2) is 4.80 Å². The first kappa shape index (κ1) is 30.8. The number of hydrogen-bond donors (Lipinski definition) is 1. The van der Waals surface area contributed by atoms with Crippen LogP contribution >= 0.6 is 11.3 Å². The lowest BCUT2D eigenvalue weighted by Crippen LogP contribution is -2.40. The van der Waals surface area contributed by atoms with Crippen LogP contribution in [-0.2, 0) is 9.53 Å². The number of carbonyl (C=O) groups excluding carboxylic acids is 1. The van der Waals surface area contributed by atoms with Crippen LogP contribution in [0.2, 0.25) is 0 Å². The number of nitrogens with zero attached hydrogens (tertiary/aromatic N) is 2. The quantitative estimate of drug-likeness (QED) is 0.197. The molecule has 1 aliphatic heterocycles. The summed E-state index contributed by atoms with van der Waals surface area (Å²) in [7, 11) is 1.57. The second kappa shape index (κ2) is 12.6. The minimum atomic E-state index is -1.03. The molecule has 3 aromatic carbocycles. The predicted octanol–water partition coefficient (Wildman–Crippen LogP) is 6.01. The Bertz CT molecular complexity index is 2220. The molecule has 0 saturated carbocycles. The van der Waals surface area contributed by atoms with Crippen LogP contribution in [0.25, 0.3) is 28.2 Å². The third-order valence-electron chi connectivity index (χ3n) is 7.97. The van der Waals surface area contributed by atoms with E-state index in [-0.39, 0.29) is 17.7 Å². The highest BCUT2D eigenvalue weighted by molar-refractivity contribution is 7.07. The maximum Gasteiger partial charge on any atom is 0.338 e. The molecule has 6 rings (SSSR count). The van der Waals surface area contributed by atoms with E-state index in [1.165, 1.54) is 11.3 Å². The van der Waals surface area contributed by atoms with Crippen molar-refractivity contribution in [2.45, 2.75) is 39.7 Å². The Morgan fingerprint density at radius 3 is 2.63 bits per heavy atom. The summed E-state index contributed by atoms with van der Waals surface area (Å²) >= 11 is 1.21. The molecule has 0 spiro atoms. The molecule has 0 bridgehead atoms. The van der Waals surface area contributed by atoms with Gasteiger partial charge < -0.3 is 19.0 Å². The zero-order chi connectivity index (χ0) is 32.5. The summed E-state index contributed by atoms with van der Waals surface area (Å²) in [6.45, 7) is 5.80. The van der Waals surface area contributed by atoms with Crippen LogP contribution in [0, 0.1) is 6.92 Å². The molecule has 1 aliphatic rings. The first-order chi connectivity index (χ1) is 22.2. The Kier molecular flexibility index (Phi) is 8.46. The smallest absolute Gasteiger partial charge is 0.338 e. The molecule has 0 saturated heterocycles. The Labute approximate surface area is 268 Å². The number of aryl methyl sites for hydroxylation is 1. The maximum atomic E-state index is 14.3. The molecular formula is C36H32N2O7S. The van der Waals surface area contributed by atoms with Gasteiger partial charge in [-0.15, -0.1) is 0 Å². The fourth-order valence-electron chi connectivity index (χ4n) is 5.85. The summed E-state index contributed by atoms with van der Waals surface area (Å²) in [6.07, 6.45) is 2.89. The van der Waals surface area contributed by atoms with E-state index in [2.05, 4.69) is 0 Å². The predicted molar refractivity (Wildman–Crippen MR) is 176 cm³/mol. The van der Waals surface area contributed by atoms with Crippen LogP contribution in [-0.4, -0.2) is 35.3 Å². The summed E-state index contributed by atoms with van der Waals surface area (Å²) < 4.78 is 19.4. The lowest BCUT2D eigenvalue weighted by molar-refractivity contribution is -0.139. The number of carboxylic acids is 1. The molecular weight excluding hydrogens is 604 g/mol. The first-order valence-electron chi connectivity index (χ1n) is 15.0. The lowest BCUT2D eigenvalue weighted by atomic mass is 9.90. The molecule has 0 amide bonds. The summed E-state index contributed by atoms with van der Waals surface area (Å²) in [6, 6.07) is 19.1. The third kappa shape index (κ3) is 5.45. The van der Waals surface area contributed by atoms with Crippen LogP contribution in [0.3, 0.4) is 0 Å². The summed E-state index contributed by atoms with van der Waals surface area (Å²) in [5.74, 6) is -0.131. The number of allylic oxidation sites excluding steroid dienone is 1. The number of methoxy groups -OCH3 is 1. The minimum Gasteiger partial charge on any atom is -0.496 e. The molecule has 0 radical (unpaired) electrons. The number of fused-ring (bicyclic) bond motifs is 2. The number of carbonyl (C=O) groups is 2. The number of esters is 1. The van der Waals surface area contributed by atoms with Crippen molar-refractivity contribution < 1.29 is 28.6 Å². The fraction of sp³-hybridized carbons (Fsp3) is 0.222. The molecule has 10 heteroatoms. The SMILES string of the molecule is CCCC1=C(C(=O)OCC)[C@H](c2c(OC)ccc3ccccc23)n2c(s/c(=C\c3ccc(-c4cc(C(=O)O)ccc4C)o3)c2=O)=N1. The molecule has 0 aliphatic carbocycles. The third-order valence-corrected chi connectivity index (χ3v) is 8.95. The van der Waals surface area contributed by atoms with Gasteiger partial charge in [-0.3, -0.25) is 9.36 Å². The van der Waals surface area contributed by atoms with Gasteiger partial charge in [0.1, 0.15) is 23.3 Å². The van der Waals surface area contributed by atoms with E-state index in [0.717, 1.165) is 22.8 Å². The lowest BCUT2D eigenvalue weighted by Gasteiger charge is -2.28. The highest BCUT2D eigenvalue weighted by Gasteiger charge is 2.37. The van der Waals surface area contributed by atoms with E-state index < -0.39 is 18.0 Å². The molecule has 46 heavy (non-hydrogen) atoms. The number of aromatic carboxylic acids is 1. The van der Waals surface area contributed by atoms with Crippen LogP contribution in [0.5, 0.6) is 5.75 Å². The zero-order valence-corrected chi connectivity index (χ0v) is 26.6. The minimum absolute atomic E-state index is 0.149. The van der Waals surface area contributed by atoms with Gasteiger partial charge in [0.2, 0.25) is 0 Å². The normalized spacial score (nSPS) is 14.7. The van der Waals surface area contributed by atoms with Crippen molar-refractivity contribution in [3.63, 3.8) is 0 Å². The average Bonchev–Trinajstić information content (AvgIpc) is 3.64. The van der Waals surface area contributed by atoms with Crippen molar-refractivity contribution in [1.82, 2.24) is 4.57 Å². The van der Waals surface area contributed by atoms with Gasteiger partial charge in [0.25, 0.3) is 5.56 Å². The summed E-state index contributed by atoms with van der Waals surface area (Å²) in [4.78, 5) is 44.9. The first-order valence-corrected chi connectivity index (χ1v) is 15.8. The molecule has 9 nitrogen and oxygen atoms in total. The number of carboxylic acid groups (broad SMARTS) is 1. The standard InChI is InChI=1S/C36H32N2O7S/c1-5-9-26-31(35(42)44-6-2)32(30-24-11-8-7-10-21(24)14-16-28(30)43-4)38-33(39)29(46-36(38)37-26)19-23-15-17-27(45-23)25-18-22(34(40)41)13-12-20(25)3/h7-8,10-19,32H,5-6,9H2,1-4H3,(H,40,41)/b29-19-/t32-/m0/s1. The molecule has 0 unspecified atom stereocenters. The monoisotopic (exact) mass is 636 g/mol. The largest absolute Gasteiger partial charge is 0.496 e. The van der Waals surface area contributed by atoms with Crippen LogP contribution < -0.4 is 19.6 Å². The average molecular weight is 637 g/mol. The zero-order valence-electron chi connectivity index (χ0n) is 25.8. The number of furan rings is 1. The number of aromatic nitrogens is 1. The number of thiazole rings is 1. The van der Waals surface area contributed by atoms with Crippen LogP contribution in [0.4, 0.5) is 0 Å². The summed E-state index contributed by atoms with van der Waals surface area (Å²) in [5, 5.41) is 11.2. The van der Waals surface area contributed by atoms with E-state index in [0.29, 0.717) is 55.4 Å². The van der Waals surface area contributed by atoms with Gasteiger partial charge >= 0.3 is 11.9 Å². The second-order valence-electron chi connectivity index (χ2n) is 10.9. The Balaban J connectivity index is 1.58. The number of hydrogen-bond acceptors (Lipinski definition) is 8. The van der Waals surface area contributed by atoms with E-state index in [4.69, 9.17) is 18.9 Å². The van der Waals surface area contributed by atoms with Gasteiger partial charge in [0, 0.05) is 17.2 Å². The Morgan fingerprint density at radius 1 is 1.09 bits per heavy atom. The van der Waals surface area contributed by atoms with E-state index in [1.54, 1.807) is 55.0 Å². The molecule has 5 aromatic rings. The Morgan fingerprint density at radius 2 is 1.89 bits per heavy atom. The summed E-state index contributed by atoms with van der Waals surface area (Å²) in [5.41, 5.74) is 2.86. The maximum absolute atomic E-state index is 14.3. The van der Waals surface area contributed by atoms with Gasteiger partial charge in [-0.2, -0.15) is 0 Å². The Hall–Kier alpha value is -5.22. The van der Waals surface area contributed by atoms with Crippen molar-refractivity contribution in [2.24, 2.45) is 4.99 Å². The van der Waals surface area contributed by atoms with Crippen LogP contribution in [0.15, 0.2) is 92.2 Å². The van der Waals surface area contributed by atoms with E-state index >= 15 is 0 Å². The van der Waals surface area contributed by atoms with Gasteiger partial charge in [-0.05, 0) is 66.9 Å².